The van der Waals surface area contributed by atoms with Crippen LogP contribution in [0, 0.1) is 0 Å². The average Bonchev–Trinajstić information content (AvgIpc) is 3.61. The van der Waals surface area contributed by atoms with Gasteiger partial charge < -0.3 is 14.2 Å². The molecule has 1 aromatic carbocycles. The zero-order chi connectivity index (χ0) is 22.5. The average molecular weight is 447 g/mol. The van der Waals surface area contributed by atoms with E-state index in [0.717, 1.165) is 49.9 Å². The minimum Gasteiger partial charge on any atom is -0.376 e. The number of nitrogens with zero attached hydrogens (tertiary/aromatic N) is 7. The van der Waals surface area contributed by atoms with Gasteiger partial charge in [-0.25, -0.2) is 4.98 Å². The lowest BCUT2D eigenvalue weighted by atomic mass is 10.1. The highest BCUT2D eigenvalue weighted by Crippen LogP contribution is 2.31. The van der Waals surface area contributed by atoms with E-state index in [0.29, 0.717) is 23.6 Å². The van der Waals surface area contributed by atoms with Crippen LogP contribution in [-0.2, 0) is 16.1 Å². The minimum absolute atomic E-state index is 0.0258. The summed E-state index contributed by atoms with van der Waals surface area (Å²) in [6, 6.07) is 7.72. The Balaban J connectivity index is 1.48. The molecule has 10 heteroatoms. The summed E-state index contributed by atoms with van der Waals surface area (Å²) in [6.07, 6.45) is 7.20. The molecule has 33 heavy (non-hydrogen) atoms. The van der Waals surface area contributed by atoms with Gasteiger partial charge in [0.25, 0.3) is 5.56 Å². The van der Waals surface area contributed by atoms with E-state index < -0.39 is 0 Å². The maximum absolute atomic E-state index is 13.7. The van der Waals surface area contributed by atoms with Crippen molar-refractivity contribution in [2.24, 2.45) is 0 Å². The fraction of sp³-hybridized carbons (Fsp3) is 0.435. The summed E-state index contributed by atoms with van der Waals surface area (Å²) in [5, 5.41) is 8.61. The Bertz CT molecular complexity index is 1410. The molecule has 3 aromatic heterocycles. The quantitative estimate of drug-likeness (QED) is 0.475. The lowest BCUT2D eigenvalue weighted by Crippen LogP contribution is -2.28. The Kier molecular flexibility index (Phi) is 4.75. The van der Waals surface area contributed by atoms with Crippen LogP contribution < -0.4 is 5.56 Å². The fourth-order valence-electron chi connectivity index (χ4n) is 5.18. The SMILES string of the molecule is CC(=O)N1CCCC1c1cn(-c2ncn3c2c(=O)n(CC2CCCO2)c2ccccc23)nn1. The number of hydrogen-bond acceptors (Lipinski definition) is 6. The lowest BCUT2D eigenvalue weighted by molar-refractivity contribution is -0.129. The Hall–Kier alpha value is -3.53. The number of amides is 1. The van der Waals surface area contributed by atoms with Crippen LogP contribution in [0.1, 0.15) is 44.3 Å². The summed E-state index contributed by atoms with van der Waals surface area (Å²) < 4.78 is 11.0. The molecule has 0 saturated carbocycles. The van der Waals surface area contributed by atoms with Gasteiger partial charge in [-0.2, -0.15) is 4.68 Å². The summed E-state index contributed by atoms with van der Waals surface area (Å²) in [7, 11) is 0. The molecule has 4 aromatic rings. The van der Waals surface area contributed by atoms with Crippen LogP contribution in [0.2, 0.25) is 0 Å². The largest absolute Gasteiger partial charge is 0.376 e. The van der Waals surface area contributed by atoms with Gasteiger partial charge in [0.1, 0.15) is 12.0 Å². The van der Waals surface area contributed by atoms with Gasteiger partial charge >= 0.3 is 0 Å². The second-order valence-electron chi connectivity index (χ2n) is 8.78. The van der Waals surface area contributed by atoms with Gasteiger partial charge in [0, 0.05) is 20.1 Å². The molecule has 2 saturated heterocycles. The summed E-state index contributed by atoms with van der Waals surface area (Å²) in [6.45, 7) is 3.53. The highest BCUT2D eigenvalue weighted by Gasteiger charge is 2.30. The topological polar surface area (TPSA) is 99.6 Å². The first kappa shape index (κ1) is 20.1. The standard InChI is InChI=1S/C23H25N7O3/c1-15(31)27-10-4-9-18(27)17-13-30(26-25-17)22-21-23(32)28(12-16-6-5-11-33-16)19-7-2-3-8-20(19)29(21)14-24-22/h2-3,7-8,13-14,16,18H,4-6,9-12H2,1H3. The number of ether oxygens (including phenoxy) is 1. The van der Waals surface area contributed by atoms with Gasteiger partial charge in [-0.15, -0.1) is 5.10 Å². The molecule has 0 bridgehead atoms. The van der Waals surface area contributed by atoms with Gasteiger partial charge in [-0.05, 0) is 37.8 Å². The number of benzene rings is 1. The Labute approximate surface area is 189 Å². The molecule has 2 atom stereocenters. The lowest BCUT2D eigenvalue weighted by Gasteiger charge is -2.20. The minimum atomic E-state index is -0.139. The number of fused-ring (bicyclic) bond motifs is 3. The number of rotatable bonds is 4. The first-order chi connectivity index (χ1) is 16.1. The Morgan fingerprint density at radius 3 is 2.82 bits per heavy atom. The van der Waals surface area contributed by atoms with E-state index in [1.165, 1.54) is 0 Å². The third-order valence-corrected chi connectivity index (χ3v) is 6.76. The van der Waals surface area contributed by atoms with Crippen molar-refractivity contribution >= 4 is 22.5 Å². The number of aromatic nitrogens is 6. The third-order valence-electron chi connectivity index (χ3n) is 6.76. The van der Waals surface area contributed by atoms with Gasteiger partial charge in [-0.3, -0.25) is 14.0 Å². The smallest absolute Gasteiger partial charge is 0.279 e. The van der Waals surface area contributed by atoms with Crippen LogP contribution >= 0.6 is 0 Å². The van der Waals surface area contributed by atoms with Crippen molar-refractivity contribution in [3.63, 3.8) is 0 Å². The number of likely N-dealkylation sites (tertiary alicyclic amines) is 1. The maximum atomic E-state index is 13.7. The molecule has 6 rings (SSSR count). The molecule has 1 amide bonds. The van der Waals surface area contributed by atoms with E-state index in [-0.39, 0.29) is 23.6 Å². The van der Waals surface area contributed by atoms with Gasteiger partial charge in [0.2, 0.25) is 5.91 Å². The van der Waals surface area contributed by atoms with E-state index in [9.17, 15) is 9.59 Å². The molecule has 2 fully saturated rings. The van der Waals surface area contributed by atoms with E-state index >= 15 is 0 Å². The fourth-order valence-corrected chi connectivity index (χ4v) is 5.18. The Morgan fingerprint density at radius 2 is 2.03 bits per heavy atom. The van der Waals surface area contributed by atoms with Gasteiger partial charge in [0.15, 0.2) is 11.3 Å². The first-order valence-corrected chi connectivity index (χ1v) is 11.4. The number of imidazole rings is 1. The van der Waals surface area contributed by atoms with Crippen LogP contribution in [0.4, 0.5) is 0 Å². The van der Waals surface area contributed by atoms with Crippen LogP contribution in [-0.4, -0.2) is 59.0 Å². The van der Waals surface area contributed by atoms with Crippen LogP contribution in [0.25, 0.3) is 22.4 Å². The van der Waals surface area contributed by atoms with Crippen molar-refractivity contribution in [1.29, 1.82) is 0 Å². The predicted molar refractivity (Wildman–Crippen MR) is 120 cm³/mol. The van der Waals surface area contributed by atoms with Crippen molar-refractivity contribution in [2.45, 2.75) is 51.3 Å². The van der Waals surface area contributed by atoms with E-state index in [4.69, 9.17) is 4.74 Å². The molecule has 0 radical (unpaired) electrons. The Morgan fingerprint density at radius 1 is 1.18 bits per heavy atom. The molecule has 170 valence electrons. The molecule has 2 aliphatic heterocycles. The second kappa shape index (κ2) is 7.80. The van der Waals surface area contributed by atoms with E-state index in [1.54, 1.807) is 28.7 Å². The molecule has 10 nitrogen and oxygen atoms in total. The third kappa shape index (κ3) is 3.24. The van der Waals surface area contributed by atoms with E-state index in [1.807, 2.05) is 33.6 Å². The maximum Gasteiger partial charge on any atom is 0.279 e. The molecule has 2 aliphatic rings. The molecular formula is C23H25N7O3. The van der Waals surface area contributed by atoms with Gasteiger partial charge in [-0.1, -0.05) is 17.3 Å². The normalized spacial score (nSPS) is 20.9. The molecular weight excluding hydrogens is 422 g/mol. The molecule has 0 spiro atoms. The van der Waals surface area contributed by atoms with Crippen molar-refractivity contribution in [1.82, 2.24) is 33.8 Å². The molecule has 2 unspecified atom stereocenters. The summed E-state index contributed by atoms with van der Waals surface area (Å²) in [5.74, 6) is 0.459. The zero-order valence-corrected chi connectivity index (χ0v) is 18.4. The summed E-state index contributed by atoms with van der Waals surface area (Å²) in [5.41, 5.74) is 2.75. The number of carbonyl (C=O) groups is 1. The molecule has 0 aliphatic carbocycles. The first-order valence-electron chi connectivity index (χ1n) is 11.4. The molecule has 5 heterocycles. The highest BCUT2D eigenvalue weighted by molar-refractivity contribution is 5.80. The van der Waals surface area contributed by atoms with Crippen molar-refractivity contribution in [3.05, 3.63) is 52.8 Å². The number of hydrogen-bond donors (Lipinski definition) is 0. The van der Waals surface area contributed by atoms with Crippen molar-refractivity contribution < 1.29 is 9.53 Å². The monoisotopic (exact) mass is 447 g/mol. The number of carbonyl (C=O) groups excluding carboxylic acids is 1. The zero-order valence-electron chi connectivity index (χ0n) is 18.4. The summed E-state index contributed by atoms with van der Waals surface area (Å²) >= 11 is 0. The highest BCUT2D eigenvalue weighted by atomic mass is 16.5. The number of para-hydroxylation sites is 2. The predicted octanol–water partition coefficient (Wildman–Crippen LogP) is 2.09. The van der Waals surface area contributed by atoms with Crippen LogP contribution in [0.3, 0.4) is 0 Å². The van der Waals surface area contributed by atoms with Gasteiger partial charge in [0.05, 0.1) is 35.9 Å². The van der Waals surface area contributed by atoms with Crippen LogP contribution in [0.15, 0.2) is 41.6 Å². The van der Waals surface area contributed by atoms with Crippen molar-refractivity contribution in [3.8, 4) is 5.82 Å². The second-order valence-corrected chi connectivity index (χ2v) is 8.78. The van der Waals surface area contributed by atoms with Crippen LogP contribution in [0.5, 0.6) is 0 Å². The van der Waals surface area contributed by atoms with E-state index in [2.05, 4.69) is 15.3 Å². The van der Waals surface area contributed by atoms with Crippen molar-refractivity contribution in [2.75, 3.05) is 13.2 Å². The molecule has 0 N–H and O–H groups in total. The summed E-state index contributed by atoms with van der Waals surface area (Å²) in [4.78, 5) is 32.1.